The fourth-order valence-corrected chi connectivity index (χ4v) is 4.92. The molecule has 9 heteroatoms. The highest BCUT2D eigenvalue weighted by Gasteiger charge is 2.41. The van der Waals surface area contributed by atoms with Gasteiger partial charge in [-0.3, -0.25) is 4.90 Å². The zero-order chi connectivity index (χ0) is 28.6. The van der Waals surface area contributed by atoms with E-state index in [1.807, 2.05) is 13.8 Å². The first-order valence-electron chi connectivity index (χ1n) is 12.4. The van der Waals surface area contributed by atoms with Crippen molar-refractivity contribution >= 4 is 11.8 Å². The molecule has 0 spiro atoms. The van der Waals surface area contributed by atoms with Crippen LogP contribution in [0.2, 0.25) is 0 Å². The van der Waals surface area contributed by atoms with Crippen LogP contribution in [0.5, 0.6) is 5.75 Å². The summed E-state index contributed by atoms with van der Waals surface area (Å²) in [4.78, 5) is 17.9. The summed E-state index contributed by atoms with van der Waals surface area (Å²) in [6.45, 7) is 14.5. The maximum absolute atomic E-state index is 14.7. The number of carbonyl (C=O) groups excluding carboxylic acids is 1. The van der Waals surface area contributed by atoms with Crippen molar-refractivity contribution in [3.05, 3.63) is 93.6 Å². The number of alkyl halides is 3. The lowest BCUT2D eigenvalue weighted by atomic mass is 9.92. The average Bonchev–Trinajstić information content (AvgIpc) is 3.15. The molecule has 1 amide bonds. The van der Waals surface area contributed by atoms with E-state index < -0.39 is 35.8 Å². The third-order valence-corrected chi connectivity index (χ3v) is 6.94. The van der Waals surface area contributed by atoms with Gasteiger partial charge in [-0.05, 0) is 60.2 Å². The van der Waals surface area contributed by atoms with E-state index in [1.54, 1.807) is 44.2 Å². The Morgan fingerprint density at radius 2 is 1.82 bits per heavy atom. The lowest BCUT2D eigenvalue weighted by Gasteiger charge is -2.24. The standard InChI is InChI=1S/C30H28F4N2O3/c1-16(2)24-13-25(27(38-6)14-26(24)31)23-8-7-22(35-5)12-20(23)15-36-18(4)28(39-29(36)37)19-9-17(3)10-21(11-19)30(32,33)34/h7-14,16,18,28H,15H2,1-4,6H3/t18-,28?/m0/s1. The zero-order valence-electron chi connectivity index (χ0n) is 22.2. The molecular formula is C30H28F4N2O3. The number of aryl methyl sites for hydroxylation is 1. The Kier molecular flexibility index (Phi) is 7.60. The molecule has 0 radical (unpaired) electrons. The van der Waals surface area contributed by atoms with Gasteiger partial charge in [-0.1, -0.05) is 43.7 Å². The highest BCUT2D eigenvalue weighted by atomic mass is 19.4. The number of cyclic esters (lactones) is 1. The van der Waals surface area contributed by atoms with Gasteiger partial charge in [-0.2, -0.15) is 13.2 Å². The van der Waals surface area contributed by atoms with Gasteiger partial charge in [-0.25, -0.2) is 14.0 Å². The van der Waals surface area contributed by atoms with E-state index in [1.165, 1.54) is 18.1 Å². The first-order chi connectivity index (χ1) is 18.3. The SMILES string of the molecule is [C-]#[N+]c1ccc(-c2cc(C(C)C)c(F)cc2OC)c(CN2C(=O)OC(c3cc(C)cc(C(F)(F)F)c3)[C@@H]2C)c1. The number of ether oxygens (including phenoxy) is 2. The van der Waals surface area contributed by atoms with E-state index in [0.717, 1.165) is 12.1 Å². The molecule has 3 aromatic carbocycles. The second kappa shape index (κ2) is 10.6. The minimum absolute atomic E-state index is 0.0185. The number of halogens is 4. The Morgan fingerprint density at radius 1 is 1.10 bits per heavy atom. The highest BCUT2D eigenvalue weighted by Crippen LogP contribution is 2.41. The molecule has 3 aromatic rings. The van der Waals surface area contributed by atoms with E-state index in [2.05, 4.69) is 4.85 Å². The molecule has 1 heterocycles. The number of amides is 1. The second-order valence-electron chi connectivity index (χ2n) is 9.98. The van der Waals surface area contributed by atoms with Gasteiger partial charge in [0.05, 0.1) is 25.3 Å². The summed E-state index contributed by atoms with van der Waals surface area (Å²) in [5.41, 5.74) is 2.49. The number of hydrogen-bond donors (Lipinski definition) is 0. The molecule has 4 rings (SSSR count). The summed E-state index contributed by atoms with van der Waals surface area (Å²) >= 11 is 0. The maximum Gasteiger partial charge on any atom is 0.416 e. The van der Waals surface area contributed by atoms with Crippen LogP contribution in [-0.2, 0) is 17.5 Å². The van der Waals surface area contributed by atoms with Crippen LogP contribution in [0.25, 0.3) is 16.0 Å². The monoisotopic (exact) mass is 540 g/mol. The molecule has 0 aliphatic carbocycles. The van der Waals surface area contributed by atoms with E-state index >= 15 is 0 Å². The van der Waals surface area contributed by atoms with Crippen molar-refractivity contribution in [1.29, 1.82) is 0 Å². The highest BCUT2D eigenvalue weighted by molar-refractivity contribution is 5.78. The number of nitrogens with zero attached hydrogens (tertiary/aromatic N) is 2. The van der Waals surface area contributed by atoms with Crippen LogP contribution >= 0.6 is 0 Å². The fraction of sp³-hybridized carbons (Fsp3) is 0.333. The largest absolute Gasteiger partial charge is 0.496 e. The number of methoxy groups -OCH3 is 1. The molecule has 0 bridgehead atoms. The first kappa shape index (κ1) is 28.0. The van der Waals surface area contributed by atoms with Gasteiger partial charge in [0.1, 0.15) is 17.7 Å². The van der Waals surface area contributed by atoms with Gasteiger partial charge in [0.15, 0.2) is 5.69 Å². The molecule has 0 aromatic heterocycles. The smallest absolute Gasteiger partial charge is 0.416 e. The average molecular weight is 541 g/mol. The minimum atomic E-state index is -4.54. The van der Waals surface area contributed by atoms with Crippen LogP contribution in [0.3, 0.4) is 0 Å². The molecule has 1 fully saturated rings. The topological polar surface area (TPSA) is 43.1 Å². The second-order valence-corrected chi connectivity index (χ2v) is 9.98. The summed E-state index contributed by atoms with van der Waals surface area (Å²) in [6.07, 6.45) is -6.14. The van der Waals surface area contributed by atoms with Gasteiger partial charge in [0.25, 0.3) is 0 Å². The van der Waals surface area contributed by atoms with Crippen molar-refractivity contribution in [3.8, 4) is 16.9 Å². The molecule has 39 heavy (non-hydrogen) atoms. The predicted molar refractivity (Wildman–Crippen MR) is 139 cm³/mol. The van der Waals surface area contributed by atoms with Gasteiger partial charge >= 0.3 is 12.3 Å². The van der Waals surface area contributed by atoms with Crippen LogP contribution in [0, 0.1) is 19.3 Å². The summed E-state index contributed by atoms with van der Waals surface area (Å²) in [5, 5.41) is 0. The Morgan fingerprint density at radius 3 is 2.44 bits per heavy atom. The Balaban J connectivity index is 1.75. The summed E-state index contributed by atoms with van der Waals surface area (Å²) < 4.78 is 66.1. The van der Waals surface area contributed by atoms with Crippen molar-refractivity contribution in [2.75, 3.05) is 7.11 Å². The van der Waals surface area contributed by atoms with Gasteiger partial charge in [-0.15, -0.1) is 0 Å². The van der Waals surface area contributed by atoms with E-state index in [-0.39, 0.29) is 18.0 Å². The number of rotatable bonds is 6. The fourth-order valence-electron chi connectivity index (χ4n) is 4.92. The summed E-state index contributed by atoms with van der Waals surface area (Å²) in [5.74, 6) is -0.213. The quantitative estimate of drug-likeness (QED) is 0.232. The Bertz CT molecular complexity index is 1460. The van der Waals surface area contributed by atoms with Crippen molar-refractivity contribution in [3.63, 3.8) is 0 Å². The van der Waals surface area contributed by atoms with E-state index in [4.69, 9.17) is 16.0 Å². The summed E-state index contributed by atoms with van der Waals surface area (Å²) in [7, 11) is 1.43. The molecule has 0 saturated carbocycles. The lowest BCUT2D eigenvalue weighted by Crippen LogP contribution is -2.31. The van der Waals surface area contributed by atoms with Crippen molar-refractivity contribution < 1.29 is 31.8 Å². The van der Waals surface area contributed by atoms with Gasteiger partial charge in [0, 0.05) is 18.2 Å². The molecule has 5 nitrogen and oxygen atoms in total. The van der Waals surface area contributed by atoms with Crippen LogP contribution in [0.4, 0.5) is 28.0 Å². The lowest BCUT2D eigenvalue weighted by molar-refractivity contribution is -0.137. The molecule has 2 atom stereocenters. The summed E-state index contributed by atoms with van der Waals surface area (Å²) in [6, 6.07) is 11.0. The van der Waals surface area contributed by atoms with Crippen LogP contribution in [0.1, 0.15) is 60.6 Å². The minimum Gasteiger partial charge on any atom is -0.496 e. The third kappa shape index (κ3) is 5.56. The first-order valence-corrected chi connectivity index (χ1v) is 12.4. The van der Waals surface area contributed by atoms with Crippen LogP contribution in [-0.4, -0.2) is 24.1 Å². The molecular weight excluding hydrogens is 512 g/mol. The zero-order valence-corrected chi connectivity index (χ0v) is 22.2. The van der Waals surface area contributed by atoms with Gasteiger partial charge in [0.2, 0.25) is 0 Å². The molecule has 1 aliphatic heterocycles. The molecule has 1 aliphatic rings. The van der Waals surface area contributed by atoms with E-state index in [0.29, 0.717) is 39.3 Å². The van der Waals surface area contributed by atoms with E-state index in [9.17, 15) is 22.4 Å². The molecule has 0 N–H and O–H groups in total. The Hall–Kier alpha value is -4.06. The predicted octanol–water partition coefficient (Wildman–Crippen LogP) is 8.58. The number of carbonyl (C=O) groups is 1. The Labute approximate surface area is 224 Å². The normalized spacial score (nSPS) is 17.4. The maximum atomic E-state index is 14.7. The van der Waals surface area contributed by atoms with Crippen molar-refractivity contribution in [2.45, 2.75) is 58.5 Å². The van der Waals surface area contributed by atoms with Crippen molar-refractivity contribution in [1.82, 2.24) is 4.90 Å². The van der Waals surface area contributed by atoms with Gasteiger partial charge < -0.3 is 9.47 Å². The van der Waals surface area contributed by atoms with Crippen LogP contribution in [0.15, 0.2) is 48.5 Å². The molecule has 204 valence electrons. The van der Waals surface area contributed by atoms with Crippen molar-refractivity contribution in [2.24, 2.45) is 0 Å². The third-order valence-electron chi connectivity index (χ3n) is 6.94. The van der Waals surface area contributed by atoms with Crippen LogP contribution < -0.4 is 4.74 Å². The molecule has 1 unspecified atom stereocenters. The number of benzene rings is 3. The number of hydrogen-bond acceptors (Lipinski definition) is 3. The molecule has 1 saturated heterocycles.